The van der Waals surface area contributed by atoms with Crippen molar-refractivity contribution in [3.8, 4) is 11.5 Å². The third-order valence-electron chi connectivity index (χ3n) is 3.06. The quantitative estimate of drug-likeness (QED) is 0.546. The fourth-order valence-electron chi connectivity index (χ4n) is 2.00. The molecular weight excluding hydrogens is 414 g/mol. The molecule has 0 spiro atoms. The van der Waals surface area contributed by atoms with Gasteiger partial charge < -0.3 is 4.74 Å². The summed E-state index contributed by atoms with van der Waals surface area (Å²) >= 11 is 11.0. The van der Waals surface area contributed by atoms with E-state index in [9.17, 15) is 4.79 Å². The Balaban J connectivity index is 1.81. The van der Waals surface area contributed by atoms with Crippen LogP contribution in [-0.2, 0) is 6.42 Å². The number of ether oxygens (including phenoxy) is 1. The van der Waals surface area contributed by atoms with Gasteiger partial charge in [0.1, 0.15) is 17.1 Å². The molecule has 0 bridgehead atoms. The normalized spacial score (nSPS) is 10.6. The molecule has 2 heterocycles. The third kappa shape index (κ3) is 4.17. The van der Waals surface area contributed by atoms with Crippen LogP contribution in [0.4, 0.5) is 0 Å². The molecule has 122 valence electrons. The second kappa shape index (κ2) is 7.38. The predicted octanol–water partition coefficient (Wildman–Crippen LogP) is 4.88. The number of hydrogen-bond donors (Lipinski definition) is 0. The van der Waals surface area contributed by atoms with Crippen molar-refractivity contribution in [2.75, 3.05) is 0 Å². The summed E-state index contributed by atoms with van der Waals surface area (Å²) in [6.07, 6.45) is 4.69. The van der Waals surface area contributed by atoms with Crippen molar-refractivity contribution in [1.29, 1.82) is 0 Å². The van der Waals surface area contributed by atoms with E-state index in [1.165, 1.54) is 30.1 Å². The van der Waals surface area contributed by atoms with Crippen molar-refractivity contribution in [3.63, 3.8) is 0 Å². The summed E-state index contributed by atoms with van der Waals surface area (Å²) in [5.74, 6) is 0.850. The van der Waals surface area contributed by atoms with E-state index in [0.29, 0.717) is 22.1 Å². The molecule has 0 unspecified atom stereocenters. The van der Waals surface area contributed by atoms with Crippen LogP contribution in [-0.4, -0.2) is 20.7 Å². The van der Waals surface area contributed by atoms with Crippen LogP contribution in [0.2, 0.25) is 5.02 Å². The van der Waals surface area contributed by atoms with E-state index in [4.69, 9.17) is 16.3 Å². The van der Waals surface area contributed by atoms with Crippen LogP contribution in [0.25, 0.3) is 0 Å². The van der Waals surface area contributed by atoms with Gasteiger partial charge in [-0.3, -0.25) is 4.79 Å². The first-order chi connectivity index (χ1) is 11.5. The summed E-state index contributed by atoms with van der Waals surface area (Å²) in [5, 5.41) is 1.17. The maximum absolute atomic E-state index is 12.5. The van der Waals surface area contributed by atoms with Gasteiger partial charge in [0, 0.05) is 10.6 Å². The summed E-state index contributed by atoms with van der Waals surface area (Å²) in [7, 11) is 0. The van der Waals surface area contributed by atoms with E-state index < -0.39 is 0 Å². The fourth-order valence-corrected chi connectivity index (χ4v) is 3.66. The van der Waals surface area contributed by atoms with Gasteiger partial charge in [-0.1, -0.05) is 11.6 Å². The molecule has 0 saturated heterocycles. The number of halogens is 2. The maximum atomic E-state index is 12.5. The number of ketones is 1. The first-order valence-electron chi connectivity index (χ1n) is 6.90. The van der Waals surface area contributed by atoms with Crippen molar-refractivity contribution >= 4 is 44.7 Å². The van der Waals surface area contributed by atoms with Gasteiger partial charge in [0.25, 0.3) is 0 Å². The van der Waals surface area contributed by atoms with Gasteiger partial charge in [0.2, 0.25) is 0 Å². The number of rotatable bonds is 5. The standard InChI is InChI=1S/C16H11BrClN3O2S/c1-9-16(17)24-15(21-9)5-14(22)10-2-11(18)4-12(3-10)23-13-6-19-8-20-7-13/h2-4,6-8H,5H2,1H3. The van der Waals surface area contributed by atoms with Crippen molar-refractivity contribution in [3.05, 3.63) is 62.0 Å². The number of benzene rings is 1. The zero-order valence-corrected chi connectivity index (χ0v) is 15.7. The molecule has 0 radical (unpaired) electrons. The Morgan fingerprint density at radius 1 is 1.25 bits per heavy atom. The minimum Gasteiger partial charge on any atom is -0.454 e. The van der Waals surface area contributed by atoms with E-state index in [2.05, 4.69) is 30.9 Å². The highest BCUT2D eigenvalue weighted by atomic mass is 79.9. The molecule has 24 heavy (non-hydrogen) atoms. The van der Waals surface area contributed by atoms with E-state index in [0.717, 1.165) is 14.5 Å². The third-order valence-corrected chi connectivity index (χ3v) is 5.29. The van der Waals surface area contributed by atoms with Gasteiger partial charge in [0.05, 0.1) is 28.3 Å². The molecule has 0 aliphatic carbocycles. The lowest BCUT2D eigenvalue weighted by molar-refractivity contribution is 0.0992. The summed E-state index contributed by atoms with van der Waals surface area (Å²) in [4.78, 5) is 24.6. The Bertz CT molecular complexity index is 867. The van der Waals surface area contributed by atoms with E-state index in [-0.39, 0.29) is 12.2 Å². The summed E-state index contributed by atoms with van der Waals surface area (Å²) < 4.78 is 6.58. The van der Waals surface area contributed by atoms with E-state index in [1.807, 2.05) is 6.92 Å². The summed E-state index contributed by atoms with van der Waals surface area (Å²) in [6.45, 7) is 1.89. The lowest BCUT2D eigenvalue weighted by atomic mass is 10.1. The minimum atomic E-state index is -0.0760. The van der Waals surface area contributed by atoms with Crippen molar-refractivity contribution in [2.24, 2.45) is 0 Å². The minimum absolute atomic E-state index is 0.0760. The van der Waals surface area contributed by atoms with Crippen molar-refractivity contribution in [1.82, 2.24) is 15.0 Å². The first-order valence-corrected chi connectivity index (χ1v) is 8.88. The highest BCUT2D eigenvalue weighted by molar-refractivity contribution is 9.11. The van der Waals surface area contributed by atoms with Gasteiger partial charge in [-0.2, -0.15) is 0 Å². The largest absolute Gasteiger partial charge is 0.454 e. The Labute approximate surface area is 155 Å². The molecular formula is C16H11BrClN3O2S. The number of aryl methyl sites for hydroxylation is 1. The van der Waals surface area contributed by atoms with Crippen LogP contribution in [0.5, 0.6) is 11.5 Å². The summed E-state index contributed by atoms with van der Waals surface area (Å²) in [6, 6.07) is 4.90. The van der Waals surface area contributed by atoms with Gasteiger partial charge in [-0.25, -0.2) is 15.0 Å². The van der Waals surface area contributed by atoms with Crippen LogP contribution in [0, 0.1) is 6.92 Å². The second-order valence-electron chi connectivity index (χ2n) is 4.92. The highest BCUT2D eigenvalue weighted by Gasteiger charge is 2.14. The maximum Gasteiger partial charge on any atom is 0.169 e. The molecule has 1 aromatic carbocycles. The number of carbonyl (C=O) groups is 1. The lowest BCUT2D eigenvalue weighted by Crippen LogP contribution is -2.04. The molecule has 3 rings (SSSR count). The average Bonchev–Trinajstić information content (AvgIpc) is 2.85. The molecule has 0 aliphatic rings. The monoisotopic (exact) mass is 423 g/mol. The lowest BCUT2D eigenvalue weighted by Gasteiger charge is -2.07. The molecule has 0 fully saturated rings. The van der Waals surface area contributed by atoms with Crippen molar-refractivity contribution < 1.29 is 9.53 Å². The van der Waals surface area contributed by atoms with Gasteiger partial charge in [-0.15, -0.1) is 11.3 Å². The molecule has 5 nitrogen and oxygen atoms in total. The van der Waals surface area contributed by atoms with Gasteiger partial charge >= 0.3 is 0 Å². The Morgan fingerprint density at radius 2 is 2.00 bits per heavy atom. The fraction of sp³-hybridized carbons (Fsp3) is 0.125. The Kier molecular flexibility index (Phi) is 5.23. The molecule has 0 amide bonds. The molecule has 0 saturated carbocycles. The smallest absolute Gasteiger partial charge is 0.169 e. The first kappa shape index (κ1) is 17.0. The van der Waals surface area contributed by atoms with Crippen LogP contribution < -0.4 is 4.74 Å². The highest BCUT2D eigenvalue weighted by Crippen LogP contribution is 2.28. The molecule has 8 heteroatoms. The van der Waals surface area contributed by atoms with Crippen LogP contribution in [0.3, 0.4) is 0 Å². The SMILES string of the molecule is Cc1nc(CC(=O)c2cc(Cl)cc(Oc3cncnc3)c2)sc1Br. The number of Topliss-reactive ketones (excluding diaryl/α,β-unsaturated/α-hetero) is 1. The molecule has 2 aromatic heterocycles. The number of hydrogen-bond acceptors (Lipinski definition) is 6. The zero-order chi connectivity index (χ0) is 17.1. The van der Waals surface area contributed by atoms with Gasteiger partial charge in [0.15, 0.2) is 11.5 Å². The zero-order valence-electron chi connectivity index (χ0n) is 12.5. The van der Waals surface area contributed by atoms with Crippen LogP contribution in [0.15, 0.2) is 40.7 Å². The number of carbonyl (C=O) groups excluding carboxylic acids is 1. The van der Waals surface area contributed by atoms with Crippen LogP contribution >= 0.6 is 38.9 Å². The topological polar surface area (TPSA) is 65.0 Å². The Morgan fingerprint density at radius 3 is 2.67 bits per heavy atom. The number of nitrogens with zero attached hydrogens (tertiary/aromatic N) is 3. The van der Waals surface area contributed by atoms with E-state index in [1.54, 1.807) is 18.2 Å². The van der Waals surface area contributed by atoms with Gasteiger partial charge in [-0.05, 0) is 41.1 Å². The summed E-state index contributed by atoms with van der Waals surface area (Å²) in [5.41, 5.74) is 1.35. The average molecular weight is 425 g/mol. The Hall–Kier alpha value is -1.83. The molecule has 0 aliphatic heterocycles. The predicted molar refractivity (Wildman–Crippen MR) is 96.1 cm³/mol. The molecule has 0 atom stereocenters. The number of thiazole rings is 1. The van der Waals surface area contributed by atoms with Crippen molar-refractivity contribution in [2.45, 2.75) is 13.3 Å². The van der Waals surface area contributed by atoms with Crippen LogP contribution in [0.1, 0.15) is 21.1 Å². The molecule has 3 aromatic rings. The molecule has 0 N–H and O–H groups in total. The number of aromatic nitrogens is 3. The second-order valence-corrected chi connectivity index (χ2v) is 7.76. The van der Waals surface area contributed by atoms with E-state index >= 15 is 0 Å².